The lowest BCUT2D eigenvalue weighted by Gasteiger charge is -2.15. The van der Waals surface area contributed by atoms with Crippen molar-refractivity contribution in [2.75, 3.05) is 18.4 Å². The summed E-state index contributed by atoms with van der Waals surface area (Å²) in [7, 11) is -4.42. The summed E-state index contributed by atoms with van der Waals surface area (Å²) >= 11 is 0. The van der Waals surface area contributed by atoms with E-state index < -0.39 is 25.8 Å². The second-order valence-electron chi connectivity index (χ2n) is 4.56. The van der Waals surface area contributed by atoms with Crippen LogP contribution in [0.1, 0.15) is 0 Å². The molecule has 6 N–H and O–H groups in total. The van der Waals surface area contributed by atoms with Crippen LogP contribution in [0.2, 0.25) is 0 Å². The van der Waals surface area contributed by atoms with E-state index in [1.54, 1.807) is 4.57 Å². The van der Waals surface area contributed by atoms with E-state index in [2.05, 4.69) is 20.3 Å². The number of imidazole rings is 1. The lowest BCUT2D eigenvalue weighted by molar-refractivity contribution is -0.139. The van der Waals surface area contributed by atoms with Gasteiger partial charge in [0.05, 0.1) is 12.5 Å². The Morgan fingerprint density at radius 3 is 2.77 bits per heavy atom. The van der Waals surface area contributed by atoms with Crippen molar-refractivity contribution in [1.82, 2.24) is 24.8 Å². The van der Waals surface area contributed by atoms with Crippen molar-refractivity contribution in [3.8, 4) is 0 Å². The molecular formula is C10H15N6O5P. The first kappa shape index (κ1) is 16.3. The Morgan fingerprint density at radius 1 is 1.41 bits per heavy atom. The molecular weight excluding hydrogens is 315 g/mol. The van der Waals surface area contributed by atoms with Gasteiger partial charge in [0.1, 0.15) is 17.9 Å². The molecule has 0 aliphatic rings. The highest BCUT2D eigenvalue weighted by Gasteiger charge is 2.26. The molecule has 0 radical (unpaired) electrons. The first-order chi connectivity index (χ1) is 10.3. The Bertz CT molecular complexity index is 728. The predicted molar refractivity (Wildman–Crippen MR) is 76.1 cm³/mol. The zero-order valence-corrected chi connectivity index (χ0v) is 12.2. The first-order valence-electron chi connectivity index (χ1n) is 6.20. The summed E-state index contributed by atoms with van der Waals surface area (Å²) in [5, 5.41) is 11.5. The van der Waals surface area contributed by atoms with Gasteiger partial charge in [0.25, 0.3) is 0 Å². The van der Waals surface area contributed by atoms with Crippen molar-refractivity contribution in [3.63, 3.8) is 0 Å². The molecule has 0 unspecified atom stereocenters. The van der Waals surface area contributed by atoms with E-state index in [0.29, 0.717) is 17.7 Å². The maximum absolute atomic E-state index is 11.0. The summed E-state index contributed by atoms with van der Waals surface area (Å²) in [6.45, 7) is 0.463. The van der Waals surface area contributed by atoms with Crippen LogP contribution < -0.4 is 11.1 Å². The predicted octanol–water partition coefficient (Wildman–Crippen LogP) is -1.37. The van der Waals surface area contributed by atoms with Crippen LogP contribution in [0.3, 0.4) is 0 Å². The van der Waals surface area contributed by atoms with Crippen molar-refractivity contribution in [1.29, 1.82) is 0 Å². The van der Waals surface area contributed by atoms with Crippen molar-refractivity contribution in [3.05, 3.63) is 12.7 Å². The molecule has 0 saturated heterocycles. The molecule has 2 aromatic rings. The van der Waals surface area contributed by atoms with E-state index in [-0.39, 0.29) is 12.4 Å². The number of anilines is 1. The molecule has 0 amide bonds. The highest BCUT2D eigenvalue weighted by atomic mass is 31.2. The van der Waals surface area contributed by atoms with Gasteiger partial charge in [0, 0.05) is 13.1 Å². The zero-order chi connectivity index (χ0) is 16.3. The van der Waals surface area contributed by atoms with Crippen molar-refractivity contribution >= 4 is 30.5 Å². The van der Waals surface area contributed by atoms with Gasteiger partial charge in [0.15, 0.2) is 11.5 Å². The lowest BCUT2D eigenvalue weighted by atomic mass is 10.3. The topological polar surface area (TPSA) is 176 Å². The Balaban J connectivity index is 2.01. The van der Waals surface area contributed by atoms with Gasteiger partial charge in [-0.15, -0.1) is 0 Å². The summed E-state index contributed by atoms with van der Waals surface area (Å²) in [5.74, 6) is -1.09. The molecule has 11 nitrogen and oxygen atoms in total. The van der Waals surface area contributed by atoms with Crippen molar-refractivity contribution < 1.29 is 24.3 Å². The quantitative estimate of drug-likeness (QED) is 0.380. The summed E-state index contributed by atoms with van der Waals surface area (Å²) in [6, 6.07) is -1.34. The fourth-order valence-electron chi connectivity index (χ4n) is 1.89. The molecule has 0 aromatic carbocycles. The number of nitrogens with one attached hydrogen (secondary N) is 1. The lowest BCUT2D eigenvalue weighted by Crippen LogP contribution is -2.41. The Labute approximate surface area is 124 Å². The minimum atomic E-state index is -4.42. The van der Waals surface area contributed by atoms with Crippen molar-refractivity contribution in [2.45, 2.75) is 12.6 Å². The zero-order valence-electron chi connectivity index (χ0n) is 11.3. The largest absolute Gasteiger partial charge is 0.480 e. The Hall–Kier alpha value is -2.07. The molecule has 22 heavy (non-hydrogen) atoms. The third kappa shape index (κ3) is 3.98. The third-order valence-electron chi connectivity index (χ3n) is 2.89. The fraction of sp³-hybridized carbons (Fsp3) is 0.400. The molecule has 0 aliphatic carbocycles. The smallest absolute Gasteiger partial charge is 0.327 e. The average Bonchev–Trinajstić information content (AvgIpc) is 2.81. The number of aromatic nitrogens is 4. The fourth-order valence-corrected chi connectivity index (χ4v) is 2.65. The standard InChI is InChI=1S/C10H15N6O5P/c11-8-7-9(14-4-13-8)16(5-15-7)2-1-12-6(10(17)18)3-22(19,20)21/h4-6,12H,1-3H2,(H,17,18)(H2,11,13,14)(H2,19,20,21)/t6-/m1/s1. The second kappa shape index (κ2) is 6.36. The number of fused-ring (bicyclic) bond motifs is 1. The number of carbonyl (C=O) groups is 1. The summed E-state index contributed by atoms with van der Waals surface area (Å²) < 4.78 is 12.5. The van der Waals surface area contributed by atoms with E-state index in [9.17, 15) is 9.36 Å². The number of carboxylic acids is 1. The minimum absolute atomic E-state index is 0.159. The van der Waals surface area contributed by atoms with Crippen LogP contribution >= 0.6 is 7.60 Å². The molecule has 2 aromatic heterocycles. The van der Waals surface area contributed by atoms with Crippen LogP contribution in [-0.4, -0.2) is 59.1 Å². The third-order valence-corrected chi connectivity index (χ3v) is 3.73. The van der Waals surface area contributed by atoms with E-state index in [0.717, 1.165) is 0 Å². The highest BCUT2D eigenvalue weighted by Crippen LogP contribution is 2.34. The van der Waals surface area contributed by atoms with E-state index >= 15 is 0 Å². The number of aliphatic carboxylic acids is 1. The normalized spacial score (nSPS) is 13.4. The molecule has 0 aliphatic heterocycles. The number of nitrogens with two attached hydrogens (primary N) is 1. The van der Waals surface area contributed by atoms with E-state index in [1.807, 2.05) is 0 Å². The first-order valence-corrected chi connectivity index (χ1v) is 8.00. The van der Waals surface area contributed by atoms with Crippen LogP contribution in [0, 0.1) is 0 Å². The monoisotopic (exact) mass is 330 g/mol. The molecule has 120 valence electrons. The van der Waals surface area contributed by atoms with Crippen LogP contribution in [0.25, 0.3) is 11.2 Å². The van der Waals surface area contributed by atoms with Crippen LogP contribution in [0.15, 0.2) is 12.7 Å². The molecule has 0 saturated carbocycles. The number of nitrogens with zero attached hydrogens (tertiary/aromatic N) is 4. The molecule has 12 heteroatoms. The summed E-state index contributed by atoms with van der Waals surface area (Å²) in [6.07, 6.45) is 2.00. The van der Waals surface area contributed by atoms with Gasteiger partial charge >= 0.3 is 13.6 Å². The second-order valence-corrected chi connectivity index (χ2v) is 6.26. The molecule has 0 spiro atoms. The maximum atomic E-state index is 11.0. The molecule has 0 fully saturated rings. The molecule has 2 rings (SSSR count). The van der Waals surface area contributed by atoms with Crippen LogP contribution in [0.5, 0.6) is 0 Å². The number of nitrogen functional groups attached to an aromatic ring is 1. The van der Waals surface area contributed by atoms with E-state index in [4.69, 9.17) is 20.6 Å². The average molecular weight is 330 g/mol. The number of rotatable bonds is 7. The van der Waals surface area contributed by atoms with Gasteiger partial charge in [-0.2, -0.15) is 0 Å². The molecule has 1 atom stereocenters. The molecule has 2 heterocycles. The van der Waals surface area contributed by atoms with Gasteiger partial charge in [-0.05, 0) is 0 Å². The van der Waals surface area contributed by atoms with Crippen LogP contribution in [0.4, 0.5) is 5.82 Å². The van der Waals surface area contributed by atoms with Gasteiger partial charge in [-0.3, -0.25) is 9.36 Å². The minimum Gasteiger partial charge on any atom is -0.480 e. The Morgan fingerprint density at radius 2 is 2.14 bits per heavy atom. The van der Waals surface area contributed by atoms with Gasteiger partial charge in [0.2, 0.25) is 0 Å². The number of carboxylic acid groups (broad SMARTS) is 1. The summed E-state index contributed by atoms with van der Waals surface area (Å²) in [4.78, 5) is 40.6. The van der Waals surface area contributed by atoms with Gasteiger partial charge < -0.3 is 30.5 Å². The van der Waals surface area contributed by atoms with Gasteiger partial charge in [-0.25, -0.2) is 15.0 Å². The highest BCUT2D eigenvalue weighted by molar-refractivity contribution is 7.51. The number of hydrogen-bond acceptors (Lipinski definition) is 7. The Kier molecular flexibility index (Phi) is 4.71. The van der Waals surface area contributed by atoms with Gasteiger partial charge in [-0.1, -0.05) is 0 Å². The van der Waals surface area contributed by atoms with Crippen molar-refractivity contribution in [2.24, 2.45) is 0 Å². The number of hydrogen-bond donors (Lipinski definition) is 5. The molecule has 0 bridgehead atoms. The maximum Gasteiger partial charge on any atom is 0.327 e. The van der Waals surface area contributed by atoms with Crippen LogP contribution in [-0.2, 0) is 15.9 Å². The van der Waals surface area contributed by atoms with E-state index in [1.165, 1.54) is 12.7 Å². The SMILES string of the molecule is Nc1ncnc2c1ncn2CCN[C@H](CP(=O)(O)O)C(=O)O. The summed E-state index contributed by atoms with van der Waals surface area (Å²) in [5.41, 5.74) is 6.58.